The predicted octanol–water partition coefficient (Wildman–Crippen LogP) is 4.30. The van der Waals surface area contributed by atoms with Crippen LogP contribution in [0.4, 0.5) is 0 Å². The van der Waals surface area contributed by atoms with Crippen LogP contribution in [0.2, 0.25) is 0 Å². The van der Waals surface area contributed by atoms with Crippen LogP contribution in [0.15, 0.2) is 35.9 Å². The first-order chi connectivity index (χ1) is 10.4. The lowest BCUT2D eigenvalue weighted by atomic mass is 9.73. The van der Waals surface area contributed by atoms with Crippen molar-refractivity contribution >= 4 is 0 Å². The Morgan fingerprint density at radius 1 is 1.32 bits per heavy atom. The Morgan fingerprint density at radius 2 is 1.95 bits per heavy atom. The van der Waals surface area contributed by atoms with E-state index in [-0.39, 0.29) is 23.3 Å². The highest BCUT2D eigenvalue weighted by Crippen LogP contribution is 2.46. The van der Waals surface area contributed by atoms with Gasteiger partial charge in [-0.25, -0.2) is 0 Å². The van der Waals surface area contributed by atoms with Crippen LogP contribution in [-0.4, -0.2) is 23.9 Å². The van der Waals surface area contributed by atoms with Gasteiger partial charge >= 0.3 is 0 Å². The lowest BCUT2D eigenvalue weighted by molar-refractivity contribution is 0.202. The Bertz CT molecular complexity index is 563. The fourth-order valence-corrected chi connectivity index (χ4v) is 3.29. The van der Waals surface area contributed by atoms with Crippen molar-refractivity contribution in [3.63, 3.8) is 0 Å². The molecule has 2 rings (SSSR count). The third-order valence-electron chi connectivity index (χ3n) is 4.50. The topological polar surface area (TPSA) is 49.7 Å². The summed E-state index contributed by atoms with van der Waals surface area (Å²) in [6, 6.07) is 3.47. The fraction of sp³-hybridized carbons (Fsp3) is 0.474. The van der Waals surface area contributed by atoms with Crippen LogP contribution in [-0.2, 0) is 11.2 Å². The van der Waals surface area contributed by atoms with E-state index in [1.807, 2.05) is 6.92 Å². The summed E-state index contributed by atoms with van der Waals surface area (Å²) in [7, 11) is 1.64. The predicted molar refractivity (Wildman–Crippen MR) is 89.4 cm³/mol. The molecule has 120 valence electrons. The molecule has 0 bridgehead atoms. The number of benzene rings is 1. The number of ether oxygens (including phenoxy) is 1. The molecule has 1 aliphatic carbocycles. The summed E-state index contributed by atoms with van der Waals surface area (Å²) in [4.78, 5) is 0. The highest BCUT2D eigenvalue weighted by Gasteiger charge is 2.29. The van der Waals surface area contributed by atoms with E-state index in [0.717, 1.165) is 24.0 Å². The fourth-order valence-electron chi connectivity index (χ4n) is 3.29. The summed E-state index contributed by atoms with van der Waals surface area (Å²) < 4.78 is 5.05. The number of methoxy groups -OCH3 is 1. The molecule has 0 spiro atoms. The maximum atomic E-state index is 10.4. The molecule has 2 N–H and O–H groups in total. The van der Waals surface area contributed by atoms with Crippen molar-refractivity contribution in [3.8, 4) is 11.5 Å². The third kappa shape index (κ3) is 3.53. The van der Waals surface area contributed by atoms with Gasteiger partial charge in [0.15, 0.2) is 0 Å². The van der Waals surface area contributed by atoms with Gasteiger partial charge in [0.2, 0.25) is 0 Å². The number of hydrogen-bond acceptors (Lipinski definition) is 3. The lowest BCUT2D eigenvalue weighted by Crippen LogP contribution is -2.17. The molecule has 0 aromatic heterocycles. The first-order valence-electron chi connectivity index (χ1n) is 7.80. The molecular weight excluding hydrogens is 276 g/mol. The molecule has 0 saturated heterocycles. The molecule has 0 fully saturated rings. The molecule has 1 aromatic carbocycles. The molecule has 1 aromatic rings. The summed E-state index contributed by atoms with van der Waals surface area (Å²) in [5.41, 5.74) is 3.89. The maximum absolute atomic E-state index is 10.4. The van der Waals surface area contributed by atoms with Gasteiger partial charge in [0.1, 0.15) is 11.5 Å². The van der Waals surface area contributed by atoms with E-state index in [0.29, 0.717) is 18.6 Å². The summed E-state index contributed by atoms with van der Waals surface area (Å²) in [5.74, 6) is 0.564. The SMILES string of the molecule is C=C(C)[C@@H]1CCC(C)=C[C@H]1c1c(O)cc(CCOC)cc1O. The average Bonchev–Trinajstić information content (AvgIpc) is 2.44. The van der Waals surface area contributed by atoms with Gasteiger partial charge in [-0.15, -0.1) is 0 Å². The van der Waals surface area contributed by atoms with E-state index >= 15 is 0 Å². The number of phenols is 2. The van der Waals surface area contributed by atoms with E-state index < -0.39 is 0 Å². The quantitative estimate of drug-likeness (QED) is 0.797. The summed E-state index contributed by atoms with van der Waals surface area (Å²) in [6.07, 6.45) is 4.88. The molecule has 22 heavy (non-hydrogen) atoms. The third-order valence-corrected chi connectivity index (χ3v) is 4.50. The molecule has 0 aliphatic heterocycles. The Morgan fingerprint density at radius 3 is 2.50 bits per heavy atom. The second-order valence-corrected chi connectivity index (χ2v) is 6.32. The number of aromatic hydroxyl groups is 2. The van der Waals surface area contributed by atoms with Crippen LogP contribution in [0.3, 0.4) is 0 Å². The van der Waals surface area contributed by atoms with Crippen molar-refractivity contribution in [1.82, 2.24) is 0 Å². The van der Waals surface area contributed by atoms with Gasteiger partial charge < -0.3 is 14.9 Å². The van der Waals surface area contributed by atoms with E-state index in [1.54, 1.807) is 19.2 Å². The van der Waals surface area contributed by atoms with Gasteiger partial charge in [0.05, 0.1) is 6.61 Å². The van der Waals surface area contributed by atoms with Crippen molar-refractivity contribution in [3.05, 3.63) is 47.1 Å². The number of hydrogen-bond donors (Lipinski definition) is 2. The van der Waals surface area contributed by atoms with Gasteiger partial charge in [-0.1, -0.05) is 23.8 Å². The molecule has 1 aliphatic rings. The zero-order valence-corrected chi connectivity index (χ0v) is 13.7. The number of rotatable bonds is 5. The highest BCUT2D eigenvalue weighted by atomic mass is 16.5. The van der Waals surface area contributed by atoms with Crippen molar-refractivity contribution < 1.29 is 14.9 Å². The summed E-state index contributed by atoms with van der Waals surface area (Å²) in [5, 5.41) is 20.9. The second-order valence-electron chi connectivity index (χ2n) is 6.32. The molecule has 2 atom stereocenters. The first-order valence-corrected chi connectivity index (χ1v) is 7.80. The van der Waals surface area contributed by atoms with Gasteiger partial charge in [-0.3, -0.25) is 0 Å². The van der Waals surface area contributed by atoms with Crippen molar-refractivity contribution in [1.29, 1.82) is 0 Å². The van der Waals surface area contributed by atoms with Crippen LogP contribution < -0.4 is 0 Å². The van der Waals surface area contributed by atoms with Gasteiger partial charge in [-0.2, -0.15) is 0 Å². The van der Waals surface area contributed by atoms with E-state index in [4.69, 9.17) is 4.74 Å². The van der Waals surface area contributed by atoms with Crippen LogP contribution in [0, 0.1) is 5.92 Å². The summed E-state index contributed by atoms with van der Waals surface area (Å²) in [6.45, 7) is 8.77. The zero-order valence-electron chi connectivity index (χ0n) is 13.7. The minimum Gasteiger partial charge on any atom is -0.507 e. The summed E-state index contributed by atoms with van der Waals surface area (Å²) >= 11 is 0. The van der Waals surface area contributed by atoms with E-state index in [9.17, 15) is 10.2 Å². The molecule has 0 heterocycles. The van der Waals surface area contributed by atoms with Crippen LogP contribution >= 0.6 is 0 Å². The van der Waals surface area contributed by atoms with Gasteiger partial charge in [0.25, 0.3) is 0 Å². The normalized spacial score (nSPS) is 21.5. The van der Waals surface area contributed by atoms with Crippen LogP contribution in [0.1, 0.15) is 43.7 Å². The monoisotopic (exact) mass is 302 g/mol. The smallest absolute Gasteiger partial charge is 0.123 e. The van der Waals surface area contributed by atoms with Crippen LogP contribution in [0.5, 0.6) is 11.5 Å². The minimum atomic E-state index is -0.0114. The van der Waals surface area contributed by atoms with E-state index in [1.165, 1.54) is 5.57 Å². The van der Waals surface area contributed by atoms with E-state index in [2.05, 4.69) is 19.6 Å². The Balaban J connectivity index is 2.41. The highest BCUT2D eigenvalue weighted by molar-refractivity contribution is 5.51. The van der Waals surface area contributed by atoms with Gasteiger partial charge in [0, 0.05) is 18.6 Å². The molecule has 3 nitrogen and oxygen atoms in total. The maximum Gasteiger partial charge on any atom is 0.123 e. The average molecular weight is 302 g/mol. The molecule has 0 unspecified atom stereocenters. The van der Waals surface area contributed by atoms with Crippen LogP contribution in [0.25, 0.3) is 0 Å². The Kier molecular flexibility index (Phi) is 5.30. The molecule has 0 radical (unpaired) electrons. The Hall–Kier alpha value is -1.74. The first kappa shape index (κ1) is 16.6. The van der Waals surface area contributed by atoms with Crippen molar-refractivity contribution in [2.75, 3.05) is 13.7 Å². The zero-order chi connectivity index (χ0) is 16.3. The largest absolute Gasteiger partial charge is 0.507 e. The Labute approximate surface area is 132 Å². The van der Waals surface area contributed by atoms with Crippen molar-refractivity contribution in [2.24, 2.45) is 5.92 Å². The molecular formula is C19H26O3. The number of phenolic OH excluding ortho intramolecular Hbond substituents is 2. The standard InChI is InChI=1S/C19H26O3/c1-12(2)15-6-5-13(3)9-16(15)19-17(20)10-14(7-8-22-4)11-18(19)21/h9-11,15-16,20-21H,1,5-8H2,2-4H3/t15-,16+/m0/s1. The lowest BCUT2D eigenvalue weighted by Gasteiger charge is -2.31. The number of allylic oxidation sites excluding steroid dienone is 3. The molecule has 0 amide bonds. The molecule has 0 saturated carbocycles. The second kappa shape index (κ2) is 7.01. The molecule has 3 heteroatoms. The van der Waals surface area contributed by atoms with Gasteiger partial charge in [-0.05, 0) is 56.7 Å². The van der Waals surface area contributed by atoms with Crippen molar-refractivity contribution in [2.45, 2.75) is 39.0 Å². The minimum absolute atomic E-state index is 0.0114.